The van der Waals surface area contributed by atoms with Gasteiger partial charge in [-0.2, -0.15) is 5.10 Å². The van der Waals surface area contributed by atoms with E-state index in [2.05, 4.69) is 30.8 Å². The van der Waals surface area contributed by atoms with Crippen LogP contribution in [-0.4, -0.2) is 42.2 Å². The predicted octanol–water partition coefficient (Wildman–Crippen LogP) is 4.57. The van der Waals surface area contributed by atoms with Gasteiger partial charge in [-0.25, -0.2) is 13.8 Å². The van der Waals surface area contributed by atoms with Crippen molar-refractivity contribution in [2.45, 2.75) is 38.9 Å². The van der Waals surface area contributed by atoms with Crippen molar-refractivity contribution in [1.29, 1.82) is 0 Å². The van der Waals surface area contributed by atoms with Gasteiger partial charge in [-0.05, 0) is 27.2 Å². The predicted molar refractivity (Wildman–Crippen MR) is 118 cm³/mol. The zero-order valence-corrected chi connectivity index (χ0v) is 18.3. The lowest BCUT2D eigenvalue weighted by molar-refractivity contribution is -0.117. The van der Waals surface area contributed by atoms with Crippen LogP contribution >= 0.6 is 11.6 Å². The number of imidazole rings is 1. The fourth-order valence-electron chi connectivity index (χ4n) is 3.60. The van der Waals surface area contributed by atoms with E-state index in [4.69, 9.17) is 11.6 Å². The standard InChI is InChI=1S/C21H20ClF2N7O/c1-21(2,3)29-19-17(24)16(22)15(10-5-26-30-18(10)19)12-7-31-8-13(27-14(31)6-25-12)28-20(32)9-4-11(9)23/h5-9,11,29H,4H2,1-3H3,(H,26,30)(H,28,32). The molecular formula is C21H20ClF2N7O. The van der Waals surface area contributed by atoms with Gasteiger partial charge in [0, 0.05) is 22.7 Å². The summed E-state index contributed by atoms with van der Waals surface area (Å²) in [4.78, 5) is 20.7. The fraction of sp³-hybridized carbons (Fsp3) is 0.333. The number of benzene rings is 1. The van der Waals surface area contributed by atoms with E-state index in [1.165, 1.54) is 6.20 Å². The third kappa shape index (κ3) is 3.54. The first-order chi connectivity index (χ1) is 15.1. The molecule has 0 aliphatic heterocycles. The number of halogens is 3. The second-order valence-electron chi connectivity index (χ2n) is 8.92. The van der Waals surface area contributed by atoms with E-state index in [1.54, 1.807) is 23.0 Å². The first-order valence-electron chi connectivity index (χ1n) is 10.0. The number of nitrogens with zero attached hydrogens (tertiary/aromatic N) is 4. The molecule has 8 nitrogen and oxygen atoms in total. The van der Waals surface area contributed by atoms with Gasteiger partial charge < -0.3 is 15.0 Å². The molecule has 0 radical (unpaired) electrons. The van der Waals surface area contributed by atoms with E-state index in [-0.39, 0.29) is 22.9 Å². The van der Waals surface area contributed by atoms with Gasteiger partial charge in [0.2, 0.25) is 5.91 Å². The number of H-pyrrole nitrogens is 1. The van der Waals surface area contributed by atoms with Crippen LogP contribution in [0.2, 0.25) is 5.02 Å². The van der Waals surface area contributed by atoms with Crippen LogP contribution in [0.15, 0.2) is 24.8 Å². The summed E-state index contributed by atoms with van der Waals surface area (Å²) in [6.07, 6.45) is 5.41. The van der Waals surface area contributed by atoms with E-state index in [0.29, 0.717) is 27.8 Å². The van der Waals surface area contributed by atoms with Crippen molar-refractivity contribution in [2.75, 3.05) is 10.6 Å². The number of nitrogens with one attached hydrogen (secondary N) is 3. The largest absolute Gasteiger partial charge is 0.376 e. The molecule has 0 bridgehead atoms. The molecule has 11 heteroatoms. The van der Waals surface area contributed by atoms with Gasteiger partial charge in [-0.15, -0.1) is 0 Å². The monoisotopic (exact) mass is 459 g/mol. The van der Waals surface area contributed by atoms with E-state index in [9.17, 15) is 9.18 Å². The summed E-state index contributed by atoms with van der Waals surface area (Å²) in [5.41, 5.74) is 1.55. The number of fused-ring (bicyclic) bond motifs is 2. The van der Waals surface area contributed by atoms with Gasteiger partial charge in [-0.3, -0.25) is 14.9 Å². The highest BCUT2D eigenvalue weighted by molar-refractivity contribution is 6.35. The van der Waals surface area contributed by atoms with Crippen LogP contribution in [0.5, 0.6) is 0 Å². The second-order valence-corrected chi connectivity index (χ2v) is 9.30. The maximum Gasteiger partial charge on any atom is 0.231 e. The first-order valence-corrected chi connectivity index (χ1v) is 10.4. The Balaban J connectivity index is 1.57. The van der Waals surface area contributed by atoms with E-state index < -0.39 is 29.4 Å². The molecule has 1 fully saturated rings. The Labute approximate surface area is 186 Å². The number of rotatable bonds is 4. The quantitative estimate of drug-likeness (QED) is 0.415. The SMILES string of the molecule is CC(C)(C)Nc1c(F)c(Cl)c(-c2cn3cc(NC(=O)C4CC4F)nc3cn2)c2cn[nH]c12. The number of carbonyl (C=O) groups is 1. The molecule has 3 aromatic heterocycles. The average Bonchev–Trinajstić information content (AvgIpc) is 3.10. The summed E-state index contributed by atoms with van der Waals surface area (Å²) < 4.78 is 30.0. The molecule has 2 unspecified atom stereocenters. The number of anilines is 2. The Morgan fingerprint density at radius 3 is 2.75 bits per heavy atom. The molecule has 1 aromatic carbocycles. The van der Waals surface area contributed by atoms with Crippen LogP contribution in [0.3, 0.4) is 0 Å². The summed E-state index contributed by atoms with van der Waals surface area (Å²) >= 11 is 6.46. The lowest BCUT2D eigenvalue weighted by Gasteiger charge is -2.24. The van der Waals surface area contributed by atoms with Crippen molar-refractivity contribution in [3.8, 4) is 11.3 Å². The molecule has 166 valence electrons. The number of hydrogen-bond donors (Lipinski definition) is 3. The van der Waals surface area contributed by atoms with E-state index in [0.717, 1.165) is 0 Å². The molecule has 0 saturated heterocycles. The Morgan fingerprint density at radius 2 is 2.06 bits per heavy atom. The summed E-state index contributed by atoms with van der Waals surface area (Å²) in [7, 11) is 0. The van der Waals surface area contributed by atoms with Crippen LogP contribution in [0.1, 0.15) is 27.2 Å². The van der Waals surface area contributed by atoms with Gasteiger partial charge >= 0.3 is 0 Å². The van der Waals surface area contributed by atoms with Crippen LogP contribution < -0.4 is 10.6 Å². The number of amides is 1. The minimum Gasteiger partial charge on any atom is -0.376 e. The van der Waals surface area contributed by atoms with Gasteiger partial charge in [-0.1, -0.05) is 11.6 Å². The molecule has 2 atom stereocenters. The van der Waals surface area contributed by atoms with Crippen molar-refractivity contribution in [3.63, 3.8) is 0 Å². The third-order valence-electron chi connectivity index (χ3n) is 5.19. The van der Waals surface area contributed by atoms with E-state index >= 15 is 4.39 Å². The lowest BCUT2D eigenvalue weighted by Crippen LogP contribution is -2.27. The highest BCUT2D eigenvalue weighted by Crippen LogP contribution is 2.41. The van der Waals surface area contributed by atoms with E-state index in [1.807, 2.05) is 20.8 Å². The molecule has 1 saturated carbocycles. The minimum absolute atomic E-state index is 0.0890. The van der Waals surface area contributed by atoms with Crippen LogP contribution in [0.25, 0.3) is 27.8 Å². The minimum atomic E-state index is -1.09. The van der Waals surface area contributed by atoms with Gasteiger partial charge in [0.25, 0.3) is 0 Å². The van der Waals surface area contributed by atoms with Gasteiger partial charge in [0.1, 0.15) is 6.17 Å². The number of aromatic amines is 1. The van der Waals surface area contributed by atoms with Crippen molar-refractivity contribution < 1.29 is 13.6 Å². The number of carbonyl (C=O) groups excluding carboxylic acids is 1. The van der Waals surface area contributed by atoms with Gasteiger partial charge in [0.05, 0.1) is 46.4 Å². The zero-order chi connectivity index (χ0) is 22.8. The molecular weight excluding hydrogens is 440 g/mol. The lowest BCUT2D eigenvalue weighted by atomic mass is 10.0. The van der Waals surface area contributed by atoms with Crippen molar-refractivity contribution in [3.05, 3.63) is 35.6 Å². The highest BCUT2D eigenvalue weighted by Gasteiger charge is 2.43. The average molecular weight is 460 g/mol. The smallest absolute Gasteiger partial charge is 0.231 e. The molecule has 1 aliphatic rings. The topological polar surface area (TPSA) is 100 Å². The van der Waals surface area contributed by atoms with Crippen molar-refractivity contribution in [2.24, 2.45) is 5.92 Å². The Morgan fingerprint density at radius 1 is 1.31 bits per heavy atom. The Bertz CT molecular complexity index is 1370. The van der Waals surface area contributed by atoms with Gasteiger partial charge in [0.15, 0.2) is 17.3 Å². The first kappa shape index (κ1) is 20.6. The summed E-state index contributed by atoms with van der Waals surface area (Å²) in [6.45, 7) is 5.74. The molecule has 5 rings (SSSR count). The summed E-state index contributed by atoms with van der Waals surface area (Å²) in [5, 5.41) is 13.2. The molecule has 32 heavy (non-hydrogen) atoms. The van der Waals surface area contributed by atoms with Crippen molar-refractivity contribution >= 4 is 45.6 Å². The zero-order valence-electron chi connectivity index (χ0n) is 17.5. The molecule has 1 amide bonds. The molecule has 4 aromatic rings. The fourth-order valence-corrected chi connectivity index (χ4v) is 3.89. The highest BCUT2D eigenvalue weighted by atomic mass is 35.5. The number of aromatic nitrogens is 5. The third-order valence-corrected chi connectivity index (χ3v) is 5.54. The maximum absolute atomic E-state index is 15.3. The molecule has 3 heterocycles. The summed E-state index contributed by atoms with van der Waals surface area (Å²) in [6, 6.07) is 0. The Kier molecular flexibility index (Phi) is 4.59. The van der Waals surface area contributed by atoms with Crippen LogP contribution in [-0.2, 0) is 4.79 Å². The van der Waals surface area contributed by atoms with Crippen LogP contribution in [0.4, 0.5) is 20.3 Å². The number of alkyl halides is 1. The number of hydrogen-bond acceptors (Lipinski definition) is 5. The molecule has 3 N–H and O–H groups in total. The molecule has 0 spiro atoms. The summed E-state index contributed by atoms with van der Waals surface area (Å²) in [5.74, 6) is -1.35. The van der Waals surface area contributed by atoms with Crippen LogP contribution in [0, 0.1) is 11.7 Å². The normalized spacial score (nSPS) is 18.3. The maximum atomic E-state index is 15.3. The molecule has 1 aliphatic carbocycles. The second kappa shape index (κ2) is 7.13. The van der Waals surface area contributed by atoms with Crippen molar-refractivity contribution in [1.82, 2.24) is 24.6 Å². The Hall–Kier alpha value is -3.27.